The molecule has 1 N–H and O–H groups in total. The van der Waals surface area contributed by atoms with Gasteiger partial charge in [0.2, 0.25) is 0 Å². The highest BCUT2D eigenvalue weighted by molar-refractivity contribution is 4.77. The molecule has 0 spiro atoms. The highest BCUT2D eigenvalue weighted by atomic mass is 15.2. The second-order valence-corrected chi connectivity index (χ2v) is 5.02. The lowest BCUT2D eigenvalue weighted by Crippen LogP contribution is -2.40. The van der Waals surface area contributed by atoms with Crippen molar-refractivity contribution in [3.8, 4) is 0 Å². The lowest BCUT2D eigenvalue weighted by atomic mass is 10.1. The van der Waals surface area contributed by atoms with Crippen molar-refractivity contribution in [3.05, 3.63) is 0 Å². The summed E-state index contributed by atoms with van der Waals surface area (Å²) in [4.78, 5) is 5.20. The summed E-state index contributed by atoms with van der Waals surface area (Å²) in [7, 11) is 4.29. The lowest BCUT2D eigenvalue weighted by Gasteiger charge is -2.30. The van der Waals surface area contributed by atoms with Gasteiger partial charge < -0.3 is 10.2 Å². The normalized spacial score (nSPS) is 24.6. The Morgan fingerprint density at radius 1 is 1.25 bits per heavy atom. The van der Waals surface area contributed by atoms with Crippen molar-refractivity contribution in [2.75, 3.05) is 46.8 Å². The Balaban J connectivity index is 2.30. The van der Waals surface area contributed by atoms with Crippen molar-refractivity contribution < 1.29 is 0 Å². The third-order valence-electron chi connectivity index (χ3n) is 3.62. The Hall–Kier alpha value is -0.120. The molecule has 1 saturated heterocycles. The molecule has 1 fully saturated rings. The molecule has 3 nitrogen and oxygen atoms in total. The summed E-state index contributed by atoms with van der Waals surface area (Å²) >= 11 is 0. The smallest absolute Gasteiger partial charge is 0.0220 e. The molecule has 96 valence electrons. The van der Waals surface area contributed by atoms with E-state index in [1.807, 2.05) is 7.05 Å². The predicted molar refractivity (Wildman–Crippen MR) is 70.9 cm³/mol. The number of rotatable bonds is 6. The van der Waals surface area contributed by atoms with E-state index in [0.717, 1.165) is 12.6 Å². The van der Waals surface area contributed by atoms with E-state index in [0.29, 0.717) is 0 Å². The van der Waals surface area contributed by atoms with E-state index in [1.165, 1.54) is 51.9 Å². The number of nitrogens with zero attached hydrogens (tertiary/aromatic N) is 2. The number of hydrogen-bond donors (Lipinski definition) is 1. The fourth-order valence-electron chi connectivity index (χ4n) is 2.59. The molecule has 1 rings (SSSR count). The molecule has 16 heavy (non-hydrogen) atoms. The van der Waals surface area contributed by atoms with Gasteiger partial charge in [0.15, 0.2) is 0 Å². The first kappa shape index (κ1) is 13.9. The van der Waals surface area contributed by atoms with Crippen molar-refractivity contribution in [1.29, 1.82) is 0 Å². The molecule has 1 aliphatic rings. The van der Waals surface area contributed by atoms with Crippen LogP contribution in [0.1, 0.15) is 32.6 Å². The van der Waals surface area contributed by atoms with Gasteiger partial charge in [0.1, 0.15) is 0 Å². The Bertz CT molecular complexity index is 173. The van der Waals surface area contributed by atoms with Gasteiger partial charge in [-0.1, -0.05) is 6.92 Å². The SMILES string of the molecule is CCC1CN(C)CCCN1CCCCNC. The van der Waals surface area contributed by atoms with E-state index < -0.39 is 0 Å². The van der Waals surface area contributed by atoms with Crippen LogP contribution in [0.2, 0.25) is 0 Å². The third-order valence-corrected chi connectivity index (χ3v) is 3.62. The average molecular weight is 227 g/mol. The van der Waals surface area contributed by atoms with Crippen LogP contribution >= 0.6 is 0 Å². The van der Waals surface area contributed by atoms with Crippen molar-refractivity contribution >= 4 is 0 Å². The van der Waals surface area contributed by atoms with Crippen LogP contribution in [0.15, 0.2) is 0 Å². The van der Waals surface area contributed by atoms with E-state index >= 15 is 0 Å². The zero-order valence-electron chi connectivity index (χ0n) is 11.3. The molecule has 0 radical (unpaired) electrons. The summed E-state index contributed by atoms with van der Waals surface area (Å²) < 4.78 is 0. The van der Waals surface area contributed by atoms with Crippen LogP contribution < -0.4 is 5.32 Å². The maximum atomic E-state index is 3.22. The topological polar surface area (TPSA) is 18.5 Å². The van der Waals surface area contributed by atoms with Crippen LogP contribution in [-0.2, 0) is 0 Å². The first-order valence-corrected chi connectivity index (χ1v) is 6.85. The van der Waals surface area contributed by atoms with Crippen LogP contribution in [-0.4, -0.2) is 62.7 Å². The fourth-order valence-corrected chi connectivity index (χ4v) is 2.59. The molecule has 1 unspecified atom stereocenters. The van der Waals surface area contributed by atoms with Crippen LogP contribution in [0.3, 0.4) is 0 Å². The lowest BCUT2D eigenvalue weighted by molar-refractivity contribution is 0.180. The molecule has 1 atom stereocenters. The maximum absolute atomic E-state index is 3.22. The van der Waals surface area contributed by atoms with Crippen molar-refractivity contribution in [2.24, 2.45) is 0 Å². The molecule has 1 heterocycles. The summed E-state index contributed by atoms with van der Waals surface area (Å²) in [6, 6.07) is 0.780. The molecule has 0 aromatic carbocycles. The summed E-state index contributed by atoms with van der Waals surface area (Å²) in [6.07, 6.45) is 5.26. The molecule has 0 aromatic rings. The number of unbranched alkanes of at least 4 members (excludes halogenated alkanes) is 1. The Morgan fingerprint density at radius 3 is 2.75 bits per heavy atom. The van der Waals surface area contributed by atoms with Crippen LogP contribution in [0.4, 0.5) is 0 Å². The van der Waals surface area contributed by atoms with Gasteiger partial charge >= 0.3 is 0 Å². The standard InChI is InChI=1S/C13H29N3/c1-4-13-12-15(3)9-7-11-16(13)10-6-5-8-14-2/h13-14H,4-12H2,1-3H3. The highest BCUT2D eigenvalue weighted by Crippen LogP contribution is 2.12. The Kier molecular flexibility index (Phi) is 7.01. The van der Waals surface area contributed by atoms with Gasteiger partial charge in [0.05, 0.1) is 0 Å². The fraction of sp³-hybridized carbons (Fsp3) is 1.00. The summed E-state index contributed by atoms with van der Waals surface area (Å²) in [5, 5.41) is 3.22. The summed E-state index contributed by atoms with van der Waals surface area (Å²) in [5.74, 6) is 0. The minimum atomic E-state index is 0.780. The van der Waals surface area contributed by atoms with Gasteiger partial charge in [-0.05, 0) is 66.0 Å². The Morgan fingerprint density at radius 2 is 2.06 bits per heavy atom. The van der Waals surface area contributed by atoms with E-state index in [2.05, 4.69) is 29.1 Å². The highest BCUT2D eigenvalue weighted by Gasteiger charge is 2.20. The van der Waals surface area contributed by atoms with Gasteiger partial charge in [-0.15, -0.1) is 0 Å². The molecule has 0 aromatic heterocycles. The van der Waals surface area contributed by atoms with Crippen molar-refractivity contribution in [3.63, 3.8) is 0 Å². The van der Waals surface area contributed by atoms with Crippen molar-refractivity contribution in [1.82, 2.24) is 15.1 Å². The summed E-state index contributed by atoms with van der Waals surface area (Å²) in [5.41, 5.74) is 0. The van der Waals surface area contributed by atoms with Crippen LogP contribution in [0.25, 0.3) is 0 Å². The summed E-state index contributed by atoms with van der Waals surface area (Å²) in [6.45, 7) is 8.58. The van der Waals surface area contributed by atoms with E-state index in [-0.39, 0.29) is 0 Å². The monoisotopic (exact) mass is 227 g/mol. The molecule has 0 amide bonds. The minimum Gasteiger partial charge on any atom is -0.320 e. The molecule has 0 saturated carbocycles. The van der Waals surface area contributed by atoms with E-state index in [9.17, 15) is 0 Å². The zero-order valence-corrected chi connectivity index (χ0v) is 11.3. The quantitative estimate of drug-likeness (QED) is 0.692. The first-order chi connectivity index (χ1) is 7.77. The maximum Gasteiger partial charge on any atom is 0.0220 e. The number of hydrogen-bond acceptors (Lipinski definition) is 3. The molecule has 0 aliphatic carbocycles. The van der Waals surface area contributed by atoms with Gasteiger partial charge in [-0.2, -0.15) is 0 Å². The van der Waals surface area contributed by atoms with Gasteiger partial charge in [0.25, 0.3) is 0 Å². The van der Waals surface area contributed by atoms with Gasteiger partial charge in [-0.3, -0.25) is 4.90 Å². The largest absolute Gasteiger partial charge is 0.320 e. The first-order valence-electron chi connectivity index (χ1n) is 6.85. The number of nitrogens with one attached hydrogen (secondary N) is 1. The third kappa shape index (κ3) is 4.81. The number of likely N-dealkylation sites (N-methyl/N-ethyl adjacent to an activating group) is 1. The predicted octanol–water partition coefficient (Wildman–Crippen LogP) is 1.40. The molecule has 3 heteroatoms. The van der Waals surface area contributed by atoms with Gasteiger partial charge in [-0.25, -0.2) is 0 Å². The second-order valence-electron chi connectivity index (χ2n) is 5.02. The average Bonchev–Trinajstić information content (AvgIpc) is 2.46. The zero-order chi connectivity index (χ0) is 11.8. The molecule has 0 bridgehead atoms. The van der Waals surface area contributed by atoms with Crippen LogP contribution in [0.5, 0.6) is 0 Å². The molecule has 1 aliphatic heterocycles. The minimum absolute atomic E-state index is 0.780. The molecular weight excluding hydrogens is 198 g/mol. The second kappa shape index (κ2) is 8.04. The van der Waals surface area contributed by atoms with Crippen molar-refractivity contribution in [2.45, 2.75) is 38.6 Å². The van der Waals surface area contributed by atoms with E-state index in [1.54, 1.807) is 0 Å². The van der Waals surface area contributed by atoms with Crippen LogP contribution in [0, 0.1) is 0 Å². The van der Waals surface area contributed by atoms with E-state index in [4.69, 9.17) is 0 Å². The van der Waals surface area contributed by atoms with Gasteiger partial charge in [0, 0.05) is 12.6 Å². The molecular formula is C13H29N3. The Labute approximate surface area is 101 Å².